The van der Waals surface area contributed by atoms with Crippen molar-refractivity contribution in [3.05, 3.63) is 34.9 Å². The molecule has 0 amide bonds. The van der Waals surface area contributed by atoms with Gasteiger partial charge in [0.1, 0.15) is 0 Å². The zero-order chi connectivity index (χ0) is 13.9. The molecule has 0 unspecified atom stereocenters. The van der Waals surface area contributed by atoms with Gasteiger partial charge in [0.25, 0.3) is 0 Å². The van der Waals surface area contributed by atoms with Gasteiger partial charge in [-0.3, -0.25) is 0 Å². The molecule has 2 rings (SSSR count). The van der Waals surface area contributed by atoms with Crippen molar-refractivity contribution < 1.29 is 8.42 Å². The first-order chi connectivity index (χ1) is 8.96. The van der Waals surface area contributed by atoms with Crippen molar-refractivity contribution in [2.45, 2.75) is 5.75 Å². The zero-order valence-corrected chi connectivity index (χ0v) is 12.4. The van der Waals surface area contributed by atoms with Crippen molar-refractivity contribution >= 4 is 21.6 Å². The molecule has 1 heterocycles. The molecule has 0 aliphatic carbocycles. The Labute approximate surface area is 119 Å². The van der Waals surface area contributed by atoms with Gasteiger partial charge in [-0.15, -0.1) is 4.83 Å². The second-order valence-electron chi connectivity index (χ2n) is 4.73. The van der Waals surface area contributed by atoms with E-state index in [-0.39, 0.29) is 5.75 Å². The summed E-state index contributed by atoms with van der Waals surface area (Å²) in [6.45, 7) is 3.10. The van der Waals surface area contributed by atoms with Crippen molar-refractivity contribution in [1.82, 2.24) is 14.7 Å². The number of hydrogen-bond donors (Lipinski definition) is 1. The number of sulfonamides is 1. The zero-order valence-electron chi connectivity index (χ0n) is 10.8. The van der Waals surface area contributed by atoms with Gasteiger partial charge >= 0.3 is 0 Å². The summed E-state index contributed by atoms with van der Waals surface area (Å²) < 4.78 is 24.2. The molecule has 7 heteroatoms. The summed E-state index contributed by atoms with van der Waals surface area (Å²) >= 11 is 5.98. The van der Waals surface area contributed by atoms with Gasteiger partial charge in [0.15, 0.2) is 0 Å². The van der Waals surface area contributed by atoms with Gasteiger partial charge in [-0.2, -0.15) is 0 Å². The third-order valence-corrected chi connectivity index (χ3v) is 4.67. The van der Waals surface area contributed by atoms with E-state index in [2.05, 4.69) is 9.73 Å². The topological polar surface area (TPSA) is 52.6 Å². The third kappa shape index (κ3) is 4.43. The summed E-state index contributed by atoms with van der Waals surface area (Å²) in [6.07, 6.45) is 0. The van der Waals surface area contributed by atoms with Crippen LogP contribution in [0.15, 0.2) is 24.3 Å². The molecule has 1 N–H and O–H groups in total. The number of benzene rings is 1. The Bertz CT molecular complexity index is 528. The van der Waals surface area contributed by atoms with Gasteiger partial charge in [-0.05, 0) is 18.7 Å². The van der Waals surface area contributed by atoms with Crippen molar-refractivity contribution in [2.24, 2.45) is 0 Å². The molecule has 1 aromatic rings. The Balaban J connectivity index is 1.97. The summed E-state index contributed by atoms with van der Waals surface area (Å²) in [5.74, 6) is -0.0982. The minimum atomic E-state index is -3.40. The lowest BCUT2D eigenvalue weighted by Gasteiger charge is -2.32. The maximum Gasteiger partial charge on any atom is 0.228 e. The highest BCUT2D eigenvalue weighted by atomic mass is 35.5. The first kappa shape index (κ1) is 14.7. The van der Waals surface area contributed by atoms with E-state index in [0.717, 1.165) is 13.1 Å². The number of nitrogens with one attached hydrogen (secondary N) is 1. The van der Waals surface area contributed by atoms with Crippen LogP contribution in [0.2, 0.25) is 5.02 Å². The third-order valence-electron chi connectivity index (χ3n) is 3.07. The molecule has 0 saturated carbocycles. The summed E-state index contributed by atoms with van der Waals surface area (Å²) in [5, 5.41) is 2.22. The number of hydrogen-bond acceptors (Lipinski definition) is 4. The van der Waals surface area contributed by atoms with Crippen LogP contribution >= 0.6 is 11.6 Å². The monoisotopic (exact) mass is 303 g/mol. The summed E-state index contributed by atoms with van der Waals surface area (Å²) in [5.41, 5.74) is 0.616. The van der Waals surface area contributed by atoms with Crippen LogP contribution in [0.25, 0.3) is 0 Å². The predicted molar refractivity (Wildman–Crippen MR) is 76.3 cm³/mol. The van der Waals surface area contributed by atoms with E-state index >= 15 is 0 Å². The fourth-order valence-electron chi connectivity index (χ4n) is 1.95. The normalized spacial score (nSPS) is 18.6. The average molecular weight is 304 g/mol. The van der Waals surface area contributed by atoms with Gasteiger partial charge < -0.3 is 4.90 Å². The minimum Gasteiger partial charge on any atom is -0.304 e. The predicted octanol–water partition coefficient (Wildman–Crippen LogP) is 0.922. The maximum atomic E-state index is 12.1. The molecule has 19 heavy (non-hydrogen) atoms. The second-order valence-corrected chi connectivity index (χ2v) is 6.84. The number of nitrogens with zero attached hydrogens (tertiary/aromatic N) is 2. The Morgan fingerprint density at radius 3 is 2.47 bits per heavy atom. The molecule has 0 atom stereocenters. The van der Waals surface area contributed by atoms with Crippen LogP contribution in [-0.4, -0.2) is 51.6 Å². The van der Waals surface area contributed by atoms with Crippen molar-refractivity contribution in [2.75, 3.05) is 33.2 Å². The number of hydrazine groups is 1. The standard InChI is InChI=1S/C12H18ClN3O2S/c1-15-6-8-16(9-7-15)14-19(17,18)10-11-4-2-3-5-12(11)13/h2-5,14H,6-10H2,1H3. The molecular formula is C12H18ClN3O2S. The van der Waals surface area contributed by atoms with E-state index < -0.39 is 10.0 Å². The number of rotatable bonds is 4. The second kappa shape index (κ2) is 6.19. The van der Waals surface area contributed by atoms with Crippen LogP contribution in [0.5, 0.6) is 0 Å². The molecule has 1 fully saturated rings. The van der Waals surface area contributed by atoms with Crippen LogP contribution in [-0.2, 0) is 15.8 Å². The Morgan fingerprint density at radius 1 is 1.21 bits per heavy atom. The van der Waals surface area contributed by atoms with E-state index in [0.29, 0.717) is 23.7 Å². The lowest BCUT2D eigenvalue weighted by atomic mass is 10.2. The van der Waals surface area contributed by atoms with Gasteiger partial charge in [-0.1, -0.05) is 29.8 Å². The highest BCUT2D eigenvalue weighted by Gasteiger charge is 2.20. The highest BCUT2D eigenvalue weighted by molar-refractivity contribution is 7.88. The average Bonchev–Trinajstić information content (AvgIpc) is 2.35. The first-order valence-corrected chi connectivity index (χ1v) is 8.16. The lowest BCUT2D eigenvalue weighted by Crippen LogP contribution is -2.52. The van der Waals surface area contributed by atoms with Crippen LogP contribution in [0.4, 0.5) is 0 Å². The summed E-state index contributed by atoms with van der Waals surface area (Å²) in [7, 11) is -1.38. The Hall–Kier alpha value is -0.660. The van der Waals surface area contributed by atoms with Gasteiger partial charge in [0.05, 0.1) is 5.75 Å². The number of piperazine rings is 1. The molecule has 1 aliphatic heterocycles. The fraction of sp³-hybridized carbons (Fsp3) is 0.500. The molecule has 0 aromatic heterocycles. The SMILES string of the molecule is CN1CCN(NS(=O)(=O)Cc2ccccc2Cl)CC1. The van der Waals surface area contributed by atoms with Gasteiger partial charge in [0.2, 0.25) is 10.0 Å². The molecule has 106 valence electrons. The van der Waals surface area contributed by atoms with Gasteiger partial charge in [-0.25, -0.2) is 13.4 Å². The van der Waals surface area contributed by atoms with E-state index in [1.165, 1.54) is 0 Å². The quantitative estimate of drug-likeness (QED) is 0.899. The van der Waals surface area contributed by atoms with Crippen molar-refractivity contribution in [1.29, 1.82) is 0 Å². The largest absolute Gasteiger partial charge is 0.304 e. The van der Waals surface area contributed by atoms with Crippen LogP contribution < -0.4 is 4.83 Å². The molecule has 0 spiro atoms. The fourth-order valence-corrected chi connectivity index (χ4v) is 3.53. The summed E-state index contributed by atoms with van der Waals surface area (Å²) in [6, 6.07) is 6.99. The molecule has 1 aromatic carbocycles. The van der Waals surface area contributed by atoms with Crippen LogP contribution in [0.1, 0.15) is 5.56 Å². The molecule has 5 nitrogen and oxygen atoms in total. The van der Waals surface area contributed by atoms with E-state index in [4.69, 9.17) is 11.6 Å². The number of halogens is 1. The Kier molecular flexibility index (Phi) is 4.81. The first-order valence-electron chi connectivity index (χ1n) is 6.13. The van der Waals surface area contributed by atoms with Crippen LogP contribution in [0, 0.1) is 0 Å². The maximum absolute atomic E-state index is 12.1. The van der Waals surface area contributed by atoms with E-state index in [1.54, 1.807) is 29.3 Å². The molecule has 1 aliphatic rings. The highest BCUT2D eigenvalue weighted by Crippen LogP contribution is 2.17. The van der Waals surface area contributed by atoms with Crippen molar-refractivity contribution in [3.8, 4) is 0 Å². The Morgan fingerprint density at radius 2 is 1.84 bits per heavy atom. The number of likely N-dealkylation sites (N-methyl/N-ethyl adjacent to an activating group) is 1. The van der Waals surface area contributed by atoms with E-state index in [9.17, 15) is 8.42 Å². The van der Waals surface area contributed by atoms with Crippen LogP contribution in [0.3, 0.4) is 0 Å². The smallest absolute Gasteiger partial charge is 0.228 e. The van der Waals surface area contributed by atoms with Crippen molar-refractivity contribution in [3.63, 3.8) is 0 Å². The minimum absolute atomic E-state index is 0.0982. The summed E-state index contributed by atoms with van der Waals surface area (Å²) in [4.78, 5) is 4.78. The van der Waals surface area contributed by atoms with Gasteiger partial charge in [0, 0.05) is 31.2 Å². The molecular weight excluding hydrogens is 286 g/mol. The molecule has 0 radical (unpaired) electrons. The lowest BCUT2D eigenvalue weighted by molar-refractivity contribution is 0.134. The van der Waals surface area contributed by atoms with E-state index in [1.807, 2.05) is 7.05 Å². The molecule has 1 saturated heterocycles. The molecule has 0 bridgehead atoms.